The summed E-state index contributed by atoms with van der Waals surface area (Å²) in [5.74, 6) is -0.0712. The third-order valence-corrected chi connectivity index (χ3v) is 5.35. The summed E-state index contributed by atoms with van der Waals surface area (Å²) < 4.78 is 1.73. The maximum atomic E-state index is 12.5. The molecule has 0 radical (unpaired) electrons. The summed E-state index contributed by atoms with van der Waals surface area (Å²) in [5, 5.41) is 5.42. The van der Waals surface area contributed by atoms with Gasteiger partial charge in [-0.2, -0.15) is 4.98 Å². The van der Waals surface area contributed by atoms with Crippen LogP contribution in [0.3, 0.4) is 0 Å². The maximum absolute atomic E-state index is 12.5. The van der Waals surface area contributed by atoms with Crippen LogP contribution in [0.5, 0.6) is 0 Å². The number of halogens is 2. The van der Waals surface area contributed by atoms with Gasteiger partial charge in [-0.25, -0.2) is 0 Å². The number of thiazole rings is 1. The van der Waals surface area contributed by atoms with Gasteiger partial charge in [-0.1, -0.05) is 29.3 Å². The van der Waals surface area contributed by atoms with Gasteiger partial charge in [0.15, 0.2) is 4.96 Å². The number of carbonyl (C=O) groups is 1. The van der Waals surface area contributed by atoms with Crippen LogP contribution in [0.2, 0.25) is 10.0 Å². The third-order valence-electron chi connectivity index (χ3n) is 3.85. The van der Waals surface area contributed by atoms with Crippen LogP contribution in [0.15, 0.2) is 34.6 Å². The number of rotatable bonds is 1. The molecule has 1 aromatic carbocycles. The van der Waals surface area contributed by atoms with Gasteiger partial charge in [0.1, 0.15) is 5.82 Å². The zero-order valence-electron chi connectivity index (χ0n) is 11.5. The van der Waals surface area contributed by atoms with Gasteiger partial charge in [-0.05, 0) is 17.7 Å². The SMILES string of the molecule is O=C1C[C@H](c2ccc(Cl)c(Cl)c2)c2c(n3ccsc3nc2=O)N1. The summed E-state index contributed by atoms with van der Waals surface area (Å²) in [6.07, 6.45) is 1.95. The van der Waals surface area contributed by atoms with Gasteiger partial charge in [0.05, 0.1) is 15.6 Å². The number of nitrogens with one attached hydrogen (secondary N) is 1. The number of carbonyl (C=O) groups excluding carboxylic acids is 1. The van der Waals surface area contributed by atoms with Crippen molar-refractivity contribution in [1.82, 2.24) is 9.38 Å². The molecular formula is C15H9Cl2N3O2S. The average Bonchev–Trinajstić information content (AvgIpc) is 2.97. The highest BCUT2D eigenvalue weighted by molar-refractivity contribution is 7.15. The molecule has 0 spiro atoms. The first kappa shape index (κ1) is 14.7. The van der Waals surface area contributed by atoms with Crippen LogP contribution >= 0.6 is 34.5 Å². The second-order valence-electron chi connectivity index (χ2n) is 5.21. The predicted molar refractivity (Wildman–Crippen MR) is 90.9 cm³/mol. The summed E-state index contributed by atoms with van der Waals surface area (Å²) in [6, 6.07) is 5.14. The summed E-state index contributed by atoms with van der Waals surface area (Å²) in [4.78, 5) is 29.3. The first-order valence-electron chi connectivity index (χ1n) is 6.79. The van der Waals surface area contributed by atoms with Gasteiger partial charge < -0.3 is 5.32 Å². The van der Waals surface area contributed by atoms with E-state index in [2.05, 4.69) is 10.3 Å². The van der Waals surface area contributed by atoms with Crippen molar-refractivity contribution in [3.8, 4) is 0 Å². The van der Waals surface area contributed by atoms with Crippen LogP contribution < -0.4 is 10.9 Å². The fraction of sp³-hybridized carbons (Fsp3) is 0.133. The van der Waals surface area contributed by atoms with E-state index in [9.17, 15) is 9.59 Å². The van der Waals surface area contributed by atoms with E-state index >= 15 is 0 Å². The van der Waals surface area contributed by atoms with Crippen molar-refractivity contribution in [3.63, 3.8) is 0 Å². The molecule has 1 amide bonds. The minimum atomic E-state index is -0.398. The zero-order valence-corrected chi connectivity index (χ0v) is 13.9. The Morgan fingerprint density at radius 2 is 2.09 bits per heavy atom. The van der Waals surface area contributed by atoms with Crippen LogP contribution in [0.1, 0.15) is 23.5 Å². The first-order chi connectivity index (χ1) is 11.0. The quantitative estimate of drug-likeness (QED) is 0.717. The molecule has 0 aliphatic carbocycles. The molecule has 8 heteroatoms. The topological polar surface area (TPSA) is 63.5 Å². The molecule has 0 unspecified atom stereocenters. The van der Waals surface area contributed by atoms with E-state index < -0.39 is 5.92 Å². The number of benzene rings is 1. The lowest BCUT2D eigenvalue weighted by molar-refractivity contribution is -0.116. The fourth-order valence-corrected chi connectivity index (χ4v) is 3.84. The maximum Gasteiger partial charge on any atom is 0.279 e. The standard InChI is InChI=1S/C15H9Cl2N3O2S/c16-9-2-1-7(5-10(9)17)8-6-11(21)18-13-12(8)14(22)19-15-20(13)3-4-23-15/h1-5,8H,6H2,(H,18,21)/t8-/m1/s1. The molecule has 0 saturated heterocycles. The van der Waals surface area contributed by atoms with Crippen molar-refractivity contribution >= 4 is 51.2 Å². The molecule has 3 aromatic rings. The lowest BCUT2D eigenvalue weighted by Gasteiger charge is -2.25. The summed E-state index contributed by atoms with van der Waals surface area (Å²) in [5.41, 5.74) is 0.905. The van der Waals surface area contributed by atoms with E-state index in [1.165, 1.54) is 11.3 Å². The van der Waals surface area contributed by atoms with E-state index in [0.717, 1.165) is 5.56 Å². The largest absolute Gasteiger partial charge is 0.311 e. The molecule has 116 valence electrons. The average molecular weight is 366 g/mol. The Labute approximate surface area is 144 Å². The molecule has 1 aliphatic heterocycles. The van der Waals surface area contributed by atoms with Crippen molar-refractivity contribution in [1.29, 1.82) is 0 Å². The van der Waals surface area contributed by atoms with Gasteiger partial charge >= 0.3 is 0 Å². The van der Waals surface area contributed by atoms with Gasteiger partial charge in [0.2, 0.25) is 5.91 Å². The van der Waals surface area contributed by atoms with Crippen LogP contribution in [-0.2, 0) is 4.79 Å². The number of hydrogen-bond acceptors (Lipinski definition) is 4. The smallest absolute Gasteiger partial charge is 0.279 e. The molecule has 23 heavy (non-hydrogen) atoms. The lowest BCUT2D eigenvalue weighted by atomic mass is 9.87. The molecule has 0 fully saturated rings. The minimum Gasteiger partial charge on any atom is -0.311 e. The van der Waals surface area contributed by atoms with Crippen molar-refractivity contribution in [2.24, 2.45) is 0 Å². The Bertz CT molecular complexity index is 1010. The second-order valence-corrected chi connectivity index (χ2v) is 6.90. The Morgan fingerprint density at radius 1 is 1.26 bits per heavy atom. The molecule has 1 N–H and O–H groups in total. The Hall–Kier alpha value is -1.89. The molecule has 2 aromatic heterocycles. The van der Waals surface area contributed by atoms with Crippen LogP contribution in [0.25, 0.3) is 4.96 Å². The highest BCUT2D eigenvalue weighted by atomic mass is 35.5. The van der Waals surface area contributed by atoms with Gasteiger partial charge in [0, 0.05) is 23.9 Å². The van der Waals surface area contributed by atoms with E-state index in [0.29, 0.717) is 26.4 Å². The van der Waals surface area contributed by atoms with Crippen LogP contribution in [0, 0.1) is 0 Å². The van der Waals surface area contributed by atoms with Crippen molar-refractivity contribution in [2.45, 2.75) is 12.3 Å². The van der Waals surface area contributed by atoms with Crippen molar-refractivity contribution in [3.05, 3.63) is 61.3 Å². The minimum absolute atomic E-state index is 0.154. The number of nitrogens with zero attached hydrogens (tertiary/aromatic N) is 2. The zero-order chi connectivity index (χ0) is 16.1. The number of amides is 1. The van der Waals surface area contributed by atoms with E-state index in [-0.39, 0.29) is 17.9 Å². The van der Waals surface area contributed by atoms with Crippen molar-refractivity contribution < 1.29 is 4.79 Å². The molecule has 1 aliphatic rings. The second kappa shape index (κ2) is 5.33. The highest BCUT2D eigenvalue weighted by Crippen LogP contribution is 2.37. The molecular weight excluding hydrogens is 357 g/mol. The highest BCUT2D eigenvalue weighted by Gasteiger charge is 2.31. The van der Waals surface area contributed by atoms with Gasteiger partial charge in [-0.3, -0.25) is 14.0 Å². The number of fused-ring (bicyclic) bond motifs is 3. The fourth-order valence-electron chi connectivity index (χ4n) is 2.83. The van der Waals surface area contributed by atoms with E-state index in [4.69, 9.17) is 23.2 Å². The van der Waals surface area contributed by atoms with Crippen molar-refractivity contribution in [2.75, 3.05) is 5.32 Å². The number of aromatic nitrogens is 2. The first-order valence-corrected chi connectivity index (χ1v) is 8.42. The number of hydrogen-bond donors (Lipinski definition) is 1. The van der Waals surface area contributed by atoms with Crippen LogP contribution in [0.4, 0.5) is 5.82 Å². The molecule has 0 bridgehead atoms. The summed E-state index contributed by atoms with van der Waals surface area (Å²) in [7, 11) is 0. The lowest BCUT2D eigenvalue weighted by Crippen LogP contribution is -2.31. The normalized spacial score (nSPS) is 17.1. The van der Waals surface area contributed by atoms with E-state index in [1.807, 2.05) is 5.38 Å². The number of anilines is 1. The predicted octanol–water partition coefficient (Wildman–Crippen LogP) is 3.54. The summed E-state index contributed by atoms with van der Waals surface area (Å²) in [6.45, 7) is 0. The van der Waals surface area contributed by atoms with Crippen LogP contribution in [-0.4, -0.2) is 15.3 Å². The Morgan fingerprint density at radius 3 is 2.87 bits per heavy atom. The molecule has 3 heterocycles. The molecule has 0 saturated carbocycles. The Balaban J connectivity index is 1.99. The van der Waals surface area contributed by atoms with E-state index in [1.54, 1.807) is 28.8 Å². The van der Waals surface area contributed by atoms with Gasteiger partial charge in [-0.15, -0.1) is 11.3 Å². The monoisotopic (exact) mass is 365 g/mol. The van der Waals surface area contributed by atoms with Gasteiger partial charge in [0.25, 0.3) is 5.56 Å². The third kappa shape index (κ3) is 2.34. The summed E-state index contributed by atoms with van der Waals surface area (Å²) >= 11 is 13.4. The molecule has 4 rings (SSSR count). The Kier molecular flexibility index (Phi) is 3.41. The molecule has 5 nitrogen and oxygen atoms in total. The molecule has 1 atom stereocenters.